The van der Waals surface area contributed by atoms with Crippen LogP contribution in [0.3, 0.4) is 0 Å². The number of aliphatic hydroxyl groups excluding tert-OH is 1. The number of ether oxygens (including phenoxy) is 4. The number of aliphatic hydroxyl groups is 1. The molecular weight excluding hydrogens is 1460 g/mol. The number of hydrogen-bond donors (Lipinski definition) is 5. The van der Waals surface area contributed by atoms with Gasteiger partial charge in [-0.3, -0.25) is 42.0 Å². The second kappa shape index (κ2) is 35.1. The van der Waals surface area contributed by atoms with Crippen LogP contribution in [0.5, 0.6) is 34.5 Å². The maximum atomic E-state index is 13.8. The van der Waals surface area contributed by atoms with Crippen molar-refractivity contribution in [3.8, 4) is 51.6 Å². The number of carbonyl (C=O) groups is 2. The van der Waals surface area contributed by atoms with E-state index in [4.69, 9.17) is 41.3 Å². The zero-order valence-electron chi connectivity index (χ0n) is 65.2. The molecule has 2 aliphatic carbocycles. The number of anilines is 3. The second-order valence-corrected chi connectivity index (χ2v) is 30.1. The number of nitrogens with zero attached hydrogens (tertiary/aromatic N) is 16. The van der Waals surface area contributed by atoms with Gasteiger partial charge in [-0.05, 0) is 202 Å². The number of nitrogens with two attached hydrogens (primary N) is 3. The minimum atomic E-state index is -0.597. The average molecular weight is 1560 g/mol. The Morgan fingerprint density at radius 2 is 0.852 bits per heavy atom. The Labute approximate surface area is 663 Å². The lowest BCUT2D eigenvalue weighted by molar-refractivity contribution is -0.125. The van der Waals surface area contributed by atoms with Crippen molar-refractivity contribution in [3.05, 3.63) is 239 Å². The number of rotatable bonds is 20. The fraction of sp³-hybridized carbons (Fsp3) is 0.329. The Kier molecular flexibility index (Phi) is 24.1. The van der Waals surface area contributed by atoms with Gasteiger partial charge in [0.05, 0.1) is 41.3 Å². The van der Waals surface area contributed by atoms with Crippen LogP contribution in [0.25, 0.3) is 50.6 Å². The van der Waals surface area contributed by atoms with Crippen molar-refractivity contribution < 1.29 is 33.6 Å². The van der Waals surface area contributed by atoms with Crippen LogP contribution in [-0.4, -0.2) is 184 Å². The molecule has 115 heavy (non-hydrogen) atoms. The summed E-state index contributed by atoms with van der Waals surface area (Å²) in [5.41, 5.74) is 22.0. The number of aromatic nitrogens is 12. The number of amides is 2. The molecule has 0 radical (unpaired) electrons. The molecule has 596 valence electrons. The quantitative estimate of drug-likeness (QED) is 0.0349. The van der Waals surface area contributed by atoms with Gasteiger partial charge in [0, 0.05) is 64.0 Å². The summed E-state index contributed by atoms with van der Waals surface area (Å²) in [5.74, 6) is 4.80. The maximum Gasteiger partial charge on any atom is 0.410 e. The van der Waals surface area contributed by atoms with E-state index in [1.54, 1.807) is 77.5 Å². The molecule has 0 bridgehead atoms. The number of carbonyl (C=O) groups excluding carboxylic acids is 2. The Balaban J connectivity index is 0.000000134. The first-order valence-electron chi connectivity index (χ1n) is 38.7. The van der Waals surface area contributed by atoms with E-state index in [1.165, 1.54) is 53.8 Å². The van der Waals surface area contributed by atoms with E-state index in [0.717, 1.165) is 50.1 Å². The number of likely N-dealkylation sites (N-methyl/N-ethyl adjacent to an activating group) is 2. The van der Waals surface area contributed by atoms with Crippen LogP contribution >= 0.6 is 0 Å². The number of likely N-dealkylation sites (tertiary alicyclic amines) is 2. The summed E-state index contributed by atoms with van der Waals surface area (Å²) < 4.78 is 32.7. The molecule has 1 unspecified atom stereocenters. The lowest BCUT2D eigenvalue weighted by Crippen LogP contribution is -2.36. The largest absolute Gasteiger partial charge is 0.457 e. The standard InChI is InChI=1S/C29H31N7O3.C26H28N6O4.C21H20N6O2.C9H17NO/c1-33(20-9-10-20)16-5-8-25(37)34-17-15-22(18-34)36-28-26(27(30)31-19-32-28)35(29(36)38)21-11-13-24(14-12-21)39-23-6-3-2-4-7-23;1-26(2,3)36-25(34)30-14-13-18(15-30)32-23-21(22(27)28-16-29-23)31(24(32)33)17-9-11-20(12-10-17)35-19-7-5-4-6-8-19;22-19-18-20(25-13-24-19)27(15-10-11-23-12-15)21(28)26(18)14-6-8-17(9-7-14)29-16-4-2-1-3-5-16;1-8(11)4-3-7-10(2)9-5-6-9/h2-8,11-14,19-20,22H,9-10,15-18H2,1H3,(H2,30,31,32);4-12,16,18H,13-15H2,1-3H3,(H2,27,28,29);1-9,13,15,23H,10-12H2,(H2,22,24,25);3-4,8-9,11H,5-7H2,1-2H3/b8-5+;;;4-3+/t22-;18-;15-;/m111./s1. The number of hydrogen-bond acceptors (Lipinski definition) is 22. The van der Waals surface area contributed by atoms with Gasteiger partial charge in [-0.15, -0.1) is 0 Å². The van der Waals surface area contributed by atoms with Crippen molar-refractivity contribution in [3.63, 3.8) is 0 Å². The molecule has 9 heterocycles. The van der Waals surface area contributed by atoms with Crippen molar-refractivity contribution in [1.82, 2.24) is 82.2 Å². The third kappa shape index (κ3) is 18.6. The molecule has 3 saturated heterocycles. The van der Waals surface area contributed by atoms with Crippen LogP contribution < -0.4 is 53.8 Å². The summed E-state index contributed by atoms with van der Waals surface area (Å²) in [6, 6.07) is 51.2. The normalized spacial score (nSPS) is 17.1. The summed E-state index contributed by atoms with van der Waals surface area (Å²) >= 11 is 0. The minimum Gasteiger partial charge on any atom is -0.457 e. The summed E-state index contributed by atoms with van der Waals surface area (Å²) in [6.07, 6.45) is 18.1. The molecular formula is C85H96N20O10. The highest BCUT2D eigenvalue weighted by Crippen LogP contribution is 2.34. The molecule has 0 spiro atoms. The van der Waals surface area contributed by atoms with Gasteiger partial charge < -0.3 is 56.4 Å². The first kappa shape index (κ1) is 78.9. The van der Waals surface area contributed by atoms with E-state index in [1.807, 2.05) is 166 Å². The molecule has 12 aromatic rings. The Hall–Kier alpha value is -12.8. The van der Waals surface area contributed by atoms with Gasteiger partial charge in [-0.2, -0.15) is 0 Å². The van der Waals surface area contributed by atoms with Crippen molar-refractivity contribution in [2.45, 2.75) is 115 Å². The molecule has 30 nitrogen and oxygen atoms in total. The molecule has 5 fully saturated rings. The summed E-state index contributed by atoms with van der Waals surface area (Å²) in [6.45, 7) is 12.4. The molecule has 8 N–H and O–H groups in total. The topological polar surface area (TPSA) is 352 Å². The van der Waals surface area contributed by atoms with Crippen LogP contribution in [-0.2, 0) is 9.53 Å². The maximum absolute atomic E-state index is 13.8. The highest BCUT2D eigenvalue weighted by Gasteiger charge is 2.36. The average Bonchev–Trinajstić information content (AvgIpc) is 1.60. The van der Waals surface area contributed by atoms with E-state index in [-0.39, 0.29) is 64.7 Å². The predicted octanol–water partition coefficient (Wildman–Crippen LogP) is 11.0. The summed E-state index contributed by atoms with van der Waals surface area (Å²) in [7, 11) is 4.21. The second-order valence-electron chi connectivity index (χ2n) is 30.1. The highest BCUT2D eigenvalue weighted by atomic mass is 16.6. The first-order chi connectivity index (χ1) is 55.6. The smallest absolute Gasteiger partial charge is 0.410 e. The number of benzene rings is 6. The Bertz CT molecular complexity index is 5610. The molecule has 2 amide bonds. The monoisotopic (exact) mass is 1560 g/mol. The van der Waals surface area contributed by atoms with Gasteiger partial charge in [-0.25, -0.2) is 49.1 Å². The number of imidazole rings is 3. The van der Waals surface area contributed by atoms with E-state index in [9.17, 15) is 24.0 Å². The fourth-order valence-electron chi connectivity index (χ4n) is 14.4. The van der Waals surface area contributed by atoms with E-state index >= 15 is 0 Å². The molecule has 30 heteroatoms. The molecule has 6 aromatic carbocycles. The lowest BCUT2D eigenvalue weighted by Gasteiger charge is -2.24. The van der Waals surface area contributed by atoms with Crippen LogP contribution in [0.4, 0.5) is 22.2 Å². The highest BCUT2D eigenvalue weighted by molar-refractivity contribution is 5.88. The van der Waals surface area contributed by atoms with Gasteiger partial charge in [0.15, 0.2) is 34.4 Å². The molecule has 6 aromatic heterocycles. The van der Waals surface area contributed by atoms with Gasteiger partial charge in [0.1, 0.15) is 75.6 Å². The predicted molar refractivity (Wildman–Crippen MR) is 442 cm³/mol. The summed E-state index contributed by atoms with van der Waals surface area (Å²) in [5, 5.41) is 12.2. The van der Waals surface area contributed by atoms with Crippen molar-refractivity contribution in [2.24, 2.45) is 0 Å². The molecule has 4 atom stereocenters. The van der Waals surface area contributed by atoms with Crippen LogP contribution in [0.2, 0.25) is 0 Å². The molecule has 3 aliphatic heterocycles. The zero-order valence-corrected chi connectivity index (χ0v) is 65.2. The van der Waals surface area contributed by atoms with Crippen molar-refractivity contribution in [1.29, 1.82) is 0 Å². The lowest BCUT2D eigenvalue weighted by atomic mass is 10.2. The first-order valence-corrected chi connectivity index (χ1v) is 38.7. The summed E-state index contributed by atoms with van der Waals surface area (Å²) in [4.78, 5) is 99.9. The zero-order chi connectivity index (χ0) is 80.4. The fourth-order valence-corrected chi connectivity index (χ4v) is 14.4. The number of nitrogens with one attached hydrogen (secondary N) is 1. The van der Waals surface area contributed by atoms with Crippen LogP contribution in [0.15, 0.2) is 221 Å². The van der Waals surface area contributed by atoms with Crippen LogP contribution in [0, 0.1) is 0 Å². The van der Waals surface area contributed by atoms with Crippen LogP contribution in [0.1, 0.15) is 90.8 Å². The molecule has 5 aliphatic rings. The van der Waals surface area contributed by atoms with E-state index in [2.05, 4.69) is 59.1 Å². The third-order valence-corrected chi connectivity index (χ3v) is 20.5. The number of para-hydroxylation sites is 3. The SMILES string of the molecule is CC(C)(C)OC(=O)N1CC[C@@H](n2c(=O)n(-c3ccc(Oc4ccccc4)cc3)c3c(N)ncnc32)C1.CC(O)/C=C/CN(C)C1CC1.CN(C/C=C/C(=O)N1CC[C@@H](n2c(=O)n(-c3ccc(Oc4ccccc4)cc3)c3c(N)ncnc32)C1)C1CC1.Nc1ncnc2c1n(-c1ccc(Oc3ccccc3)cc1)c(=O)n2[C@@H]1CCNC1. The Morgan fingerprint density at radius 1 is 0.496 bits per heavy atom. The molecule has 2 saturated carbocycles. The van der Waals surface area contributed by atoms with Gasteiger partial charge in [0.25, 0.3) is 0 Å². The molecule has 17 rings (SSSR count). The van der Waals surface area contributed by atoms with E-state index < -0.39 is 11.7 Å². The van der Waals surface area contributed by atoms with E-state index in [0.29, 0.717) is 119 Å². The number of fused-ring (bicyclic) bond motifs is 3. The van der Waals surface area contributed by atoms with Gasteiger partial charge in [0.2, 0.25) is 5.91 Å². The number of nitrogen functional groups attached to an aromatic ring is 3. The van der Waals surface area contributed by atoms with Gasteiger partial charge >= 0.3 is 23.2 Å². The van der Waals surface area contributed by atoms with Crippen molar-refractivity contribution >= 4 is 62.9 Å². The Morgan fingerprint density at radius 3 is 1.21 bits per heavy atom. The van der Waals surface area contributed by atoms with Gasteiger partial charge in [-0.1, -0.05) is 72.8 Å². The minimum absolute atomic E-state index is 0.0402. The third-order valence-electron chi connectivity index (χ3n) is 20.5. The van der Waals surface area contributed by atoms with Crippen molar-refractivity contribution in [2.75, 3.05) is 83.7 Å².